The highest BCUT2D eigenvalue weighted by atomic mass is 16.5. The lowest BCUT2D eigenvalue weighted by molar-refractivity contribution is -0.0355. The van der Waals surface area contributed by atoms with Crippen molar-refractivity contribution in [3.8, 4) is 0 Å². The fourth-order valence-corrected chi connectivity index (χ4v) is 0.538. The van der Waals surface area contributed by atoms with Crippen LogP contribution in [-0.4, -0.2) is 23.9 Å². The van der Waals surface area contributed by atoms with Gasteiger partial charge in [-0.3, -0.25) is 0 Å². The van der Waals surface area contributed by atoms with Crippen LogP contribution in [0.15, 0.2) is 0 Å². The van der Waals surface area contributed by atoms with Crippen molar-refractivity contribution < 1.29 is 9.84 Å². The summed E-state index contributed by atoms with van der Waals surface area (Å²) in [5.41, 5.74) is -0.630. The molecule has 0 heterocycles. The Morgan fingerprint density at radius 1 is 1.40 bits per heavy atom. The maximum atomic E-state index is 9.42. The molecule has 0 saturated heterocycles. The van der Waals surface area contributed by atoms with Crippen molar-refractivity contribution in [2.45, 2.75) is 39.2 Å². The maximum absolute atomic E-state index is 9.42. The zero-order valence-corrected chi connectivity index (χ0v) is 7.18. The van der Waals surface area contributed by atoms with E-state index in [-0.39, 0.29) is 0 Å². The summed E-state index contributed by atoms with van der Waals surface area (Å²) in [6.45, 7) is 7.01. The van der Waals surface area contributed by atoms with Crippen LogP contribution in [0, 0.1) is 0 Å². The van der Waals surface area contributed by atoms with Crippen LogP contribution in [0.2, 0.25) is 0 Å². The van der Waals surface area contributed by atoms with E-state index < -0.39 is 5.60 Å². The molecule has 1 atom stereocenters. The highest BCUT2D eigenvalue weighted by Crippen LogP contribution is 2.08. The average Bonchev–Trinajstić information content (AvgIpc) is 1.89. The highest BCUT2D eigenvalue weighted by molar-refractivity contribution is 4.68. The summed E-state index contributed by atoms with van der Waals surface area (Å²) in [7, 11) is 0. The Kier molecular flexibility index (Phi) is 4.65. The molecule has 62 valence electrons. The third-order valence-corrected chi connectivity index (χ3v) is 1.52. The van der Waals surface area contributed by atoms with E-state index in [0.29, 0.717) is 6.61 Å². The van der Waals surface area contributed by atoms with Gasteiger partial charge >= 0.3 is 0 Å². The van der Waals surface area contributed by atoms with E-state index in [2.05, 4.69) is 6.92 Å². The highest BCUT2D eigenvalue weighted by Gasteiger charge is 2.16. The summed E-state index contributed by atoms with van der Waals surface area (Å²) in [4.78, 5) is 0. The molecule has 0 aromatic rings. The number of aliphatic hydroxyl groups is 1. The minimum absolute atomic E-state index is 0.456. The monoisotopic (exact) mass is 146 g/mol. The predicted molar refractivity (Wildman–Crippen MR) is 42.0 cm³/mol. The van der Waals surface area contributed by atoms with E-state index in [4.69, 9.17) is 4.74 Å². The van der Waals surface area contributed by atoms with Gasteiger partial charge in [0, 0.05) is 6.61 Å². The first-order valence-electron chi connectivity index (χ1n) is 3.92. The van der Waals surface area contributed by atoms with Crippen molar-refractivity contribution in [1.82, 2.24) is 0 Å². The predicted octanol–water partition coefficient (Wildman–Crippen LogP) is 1.57. The largest absolute Gasteiger partial charge is 0.388 e. The molecule has 2 nitrogen and oxygen atoms in total. The molecule has 0 aromatic heterocycles. The lowest BCUT2D eigenvalue weighted by Gasteiger charge is -2.20. The van der Waals surface area contributed by atoms with Crippen LogP contribution in [0.5, 0.6) is 0 Å². The molecule has 1 unspecified atom stereocenters. The molecule has 0 spiro atoms. The van der Waals surface area contributed by atoms with E-state index >= 15 is 0 Å². The molecule has 0 fully saturated rings. The van der Waals surface area contributed by atoms with Crippen LogP contribution in [0.25, 0.3) is 0 Å². The molecule has 0 aliphatic carbocycles. The van der Waals surface area contributed by atoms with Crippen molar-refractivity contribution in [3.63, 3.8) is 0 Å². The lowest BCUT2D eigenvalue weighted by Crippen LogP contribution is -2.29. The van der Waals surface area contributed by atoms with Crippen LogP contribution in [-0.2, 0) is 4.74 Å². The van der Waals surface area contributed by atoms with Crippen molar-refractivity contribution in [2.75, 3.05) is 13.2 Å². The van der Waals surface area contributed by atoms with E-state index in [1.54, 1.807) is 6.92 Å². The Bertz CT molecular complexity index is 79.3. The zero-order valence-electron chi connectivity index (χ0n) is 7.18. The van der Waals surface area contributed by atoms with Crippen molar-refractivity contribution in [2.24, 2.45) is 0 Å². The summed E-state index contributed by atoms with van der Waals surface area (Å²) < 4.78 is 5.19. The van der Waals surface area contributed by atoms with Gasteiger partial charge in [-0.1, -0.05) is 13.8 Å². The third-order valence-electron chi connectivity index (χ3n) is 1.52. The summed E-state index contributed by atoms with van der Waals surface area (Å²) in [6.07, 6.45) is 1.76. The van der Waals surface area contributed by atoms with Gasteiger partial charge in [0.05, 0.1) is 12.2 Å². The summed E-state index contributed by atoms with van der Waals surface area (Å²) in [5, 5.41) is 9.42. The zero-order chi connectivity index (χ0) is 8.04. The molecule has 0 aromatic carbocycles. The Morgan fingerprint density at radius 3 is 2.40 bits per heavy atom. The van der Waals surface area contributed by atoms with Crippen molar-refractivity contribution in [3.05, 3.63) is 0 Å². The first-order chi connectivity index (χ1) is 4.62. The molecule has 2 heteroatoms. The second-order valence-corrected chi connectivity index (χ2v) is 2.90. The molecule has 0 bridgehead atoms. The van der Waals surface area contributed by atoms with Crippen LogP contribution in [0.1, 0.15) is 33.6 Å². The van der Waals surface area contributed by atoms with Gasteiger partial charge in [-0.05, 0) is 19.8 Å². The number of hydrogen-bond acceptors (Lipinski definition) is 2. The molecule has 0 aliphatic heterocycles. The molecule has 10 heavy (non-hydrogen) atoms. The fraction of sp³-hybridized carbons (Fsp3) is 1.00. The summed E-state index contributed by atoms with van der Waals surface area (Å²) in [5.74, 6) is 0. The van der Waals surface area contributed by atoms with Gasteiger partial charge < -0.3 is 9.84 Å². The molecule has 0 aliphatic rings. The Labute approximate surface area is 63.2 Å². The van der Waals surface area contributed by atoms with Gasteiger partial charge in [-0.25, -0.2) is 0 Å². The number of hydrogen-bond donors (Lipinski definition) is 1. The number of rotatable bonds is 5. The van der Waals surface area contributed by atoms with Crippen LogP contribution in [0.3, 0.4) is 0 Å². The minimum Gasteiger partial charge on any atom is -0.388 e. The van der Waals surface area contributed by atoms with Gasteiger partial charge in [0.1, 0.15) is 0 Å². The van der Waals surface area contributed by atoms with Gasteiger partial charge in [-0.2, -0.15) is 0 Å². The Hall–Kier alpha value is -0.0800. The summed E-state index contributed by atoms with van der Waals surface area (Å²) in [6, 6.07) is 0. The number of ether oxygens (including phenoxy) is 1. The topological polar surface area (TPSA) is 29.5 Å². The molecule has 0 amide bonds. The van der Waals surface area contributed by atoms with Gasteiger partial charge in [0.25, 0.3) is 0 Å². The fourth-order valence-electron chi connectivity index (χ4n) is 0.538. The molecule has 1 N–H and O–H groups in total. The van der Waals surface area contributed by atoms with Gasteiger partial charge in [0.15, 0.2) is 0 Å². The molecular weight excluding hydrogens is 128 g/mol. The third kappa shape index (κ3) is 4.77. The average molecular weight is 146 g/mol. The summed E-state index contributed by atoms with van der Waals surface area (Å²) >= 11 is 0. The first kappa shape index (κ1) is 9.92. The second-order valence-electron chi connectivity index (χ2n) is 2.90. The van der Waals surface area contributed by atoms with E-state index in [1.807, 2.05) is 6.92 Å². The van der Waals surface area contributed by atoms with Crippen LogP contribution in [0.4, 0.5) is 0 Å². The van der Waals surface area contributed by atoms with Crippen LogP contribution < -0.4 is 0 Å². The SMILES string of the molecule is CCCOCC(C)(O)CC. The van der Waals surface area contributed by atoms with Crippen LogP contribution >= 0.6 is 0 Å². The molecule has 0 saturated carbocycles. The maximum Gasteiger partial charge on any atom is 0.0849 e. The Balaban J connectivity index is 3.28. The smallest absolute Gasteiger partial charge is 0.0849 e. The quantitative estimate of drug-likeness (QED) is 0.597. The first-order valence-corrected chi connectivity index (χ1v) is 3.92. The van der Waals surface area contributed by atoms with E-state index in [0.717, 1.165) is 19.4 Å². The minimum atomic E-state index is -0.630. The van der Waals surface area contributed by atoms with Gasteiger partial charge in [-0.15, -0.1) is 0 Å². The van der Waals surface area contributed by atoms with Crippen molar-refractivity contribution >= 4 is 0 Å². The molecule has 0 radical (unpaired) electrons. The van der Waals surface area contributed by atoms with E-state index in [9.17, 15) is 5.11 Å². The second kappa shape index (κ2) is 4.69. The molecule has 0 rings (SSSR count). The van der Waals surface area contributed by atoms with Crippen molar-refractivity contribution in [1.29, 1.82) is 0 Å². The lowest BCUT2D eigenvalue weighted by atomic mass is 10.1. The van der Waals surface area contributed by atoms with Gasteiger partial charge in [0.2, 0.25) is 0 Å². The van der Waals surface area contributed by atoms with E-state index in [1.165, 1.54) is 0 Å². The standard InChI is InChI=1S/C8H18O2/c1-4-6-10-7-8(3,9)5-2/h9H,4-7H2,1-3H3. The normalized spacial score (nSPS) is 16.8. The Morgan fingerprint density at radius 2 is 2.00 bits per heavy atom. The molecular formula is C8H18O2.